The molecule has 6 heteroatoms. The molecule has 0 fully saturated rings. The molecule has 32 heavy (non-hydrogen) atoms. The normalized spacial score (nSPS) is 11.9. The van der Waals surface area contributed by atoms with E-state index in [9.17, 15) is 14.0 Å². The van der Waals surface area contributed by atoms with E-state index < -0.39 is 6.04 Å². The number of carbonyl (C=O) groups is 2. The molecule has 2 aromatic rings. The summed E-state index contributed by atoms with van der Waals surface area (Å²) in [7, 11) is 0. The fourth-order valence-electron chi connectivity index (χ4n) is 3.50. The molecular formula is C26H35FN2O3. The van der Waals surface area contributed by atoms with Crippen LogP contribution in [-0.4, -0.2) is 35.9 Å². The molecule has 0 aliphatic rings. The van der Waals surface area contributed by atoms with E-state index in [1.807, 2.05) is 47.6 Å². The van der Waals surface area contributed by atoms with Gasteiger partial charge in [-0.25, -0.2) is 4.39 Å². The van der Waals surface area contributed by atoms with Gasteiger partial charge in [-0.15, -0.1) is 0 Å². The summed E-state index contributed by atoms with van der Waals surface area (Å²) >= 11 is 0. The third-order valence-electron chi connectivity index (χ3n) is 5.45. The summed E-state index contributed by atoms with van der Waals surface area (Å²) in [6.07, 6.45) is 0.458. The van der Waals surface area contributed by atoms with Gasteiger partial charge in [0.15, 0.2) is 6.61 Å². The van der Waals surface area contributed by atoms with Gasteiger partial charge in [0, 0.05) is 13.1 Å². The van der Waals surface area contributed by atoms with Gasteiger partial charge in [0.05, 0.1) is 0 Å². The van der Waals surface area contributed by atoms with E-state index in [-0.39, 0.29) is 30.8 Å². The number of hydrogen-bond donors (Lipinski definition) is 1. The highest BCUT2D eigenvalue weighted by Crippen LogP contribution is 2.23. The average molecular weight is 443 g/mol. The molecule has 2 amide bonds. The lowest BCUT2D eigenvalue weighted by Gasteiger charge is -2.31. The molecule has 0 aromatic heterocycles. The van der Waals surface area contributed by atoms with Crippen molar-refractivity contribution >= 4 is 11.8 Å². The summed E-state index contributed by atoms with van der Waals surface area (Å²) in [4.78, 5) is 27.7. The highest BCUT2D eigenvalue weighted by atomic mass is 19.1. The molecule has 2 rings (SSSR count). The number of benzene rings is 2. The van der Waals surface area contributed by atoms with Gasteiger partial charge in [-0.1, -0.05) is 39.0 Å². The minimum atomic E-state index is -0.643. The molecule has 0 unspecified atom stereocenters. The fourth-order valence-corrected chi connectivity index (χ4v) is 3.50. The SMILES string of the molecule is CC[C@@H](C(=O)NCC(C)C)N(Cc1ccc(F)cc1)C(=O)COc1cc(C)cc(C)c1C. The monoisotopic (exact) mass is 442 g/mol. The number of halogens is 1. The maximum Gasteiger partial charge on any atom is 0.261 e. The molecule has 1 N–H and O–H groups in total. The molecule has 0 saturated heterocycles. The minimum Gasteiger partial charge on any atom is -0.483 e. The number of nitrogens with zero attached hydrogens (tertiary/aromatic N) is 1. The summed E-state index contributed by atoms with van der Waals surface area (Å²) in [5.41, 5.74) is 3.88. The van der Waals surface area contributed by atoms with Crippen LogP contribution in [-0.2, 0) is 16.1 Å². The molecule has 0 heterocycles. The van der Waals surface area contributed by atoms with Gasteiger partial charge in [-0.05, 0) is 73.6 Å². The van der Waals surface area contributed by atoms with E-state index in [0.717, 1.165) is 22.3 Å². The molecule has 0 aliphatic carbocycles. The first-order valence-electron chi connectivity index (χ1n) is 11.1. The fraction of sp³-hybridized carbons (Fsp3) is 0.462. The Morgan fingerprint density at radius 3 is 2.34 bits per heavy atom. The zero-order chi connectivity index (χ0) is 23.8. The summed E-state index contributed by atoms with van der Waals surface area (Å²) in [6, 6.07) is 9.30. The smallest absolute Gasteiger partial charge is 0.261 e. The molecule has 174 valence electrons. The maximum absolute atomic E-state index is 13.4. The first-order valence-corrected chi connectivity index (χ1v) is 11.1. The molecule has 0 radical (unpaired) electrons. The Labute approximate surface area is 191 Å². The molecule has 0 aliphatic heterocycles. The second-order valence-electron chi connectivity index (χ2n) is 8.70. The first kappa shape index (κ1) is 25.4. The molecule has 5 nitrogen and oxygen atoms in total. The van der Waals surface area contributed by atoms with Crippen molar-refractivity contribution in [2.24, 2.45) is 5.92 Å². The van der Waals surface area contributed by atoms with Crippen LogP contribution in [0, 0.1) is 32.5 Å². The van der Waals surface area contributed by atoms with Crippen molar-refractivity contribution in [2.75, 3.05) is 13.2 Å². The van der Waals surface area contributed by atoms with Crippen molar-refractivity contribution in [3.05, 3.63) is 64.5 Å². The van der Waals surface area contributed by atoms with Crippen molar-refractivity contribution in [3.8, 4) is 5.75 Å². The zero-order valence-electron chi connectivity index (χ0n) is 20.0. The van der Waals surface area contributed by atoms with E-state index >= 15 is 0 Å². The lowest BCUT2D eigenvalue weighted by atomic mass is 10.1. The molecule has 2 aromatic carbocycles. The van der Waals surface area contributed by atoms with Crippen molar-refractivity contribution in [2.45, 2.75) is 60.5 Å². The second-order valence-corrected chi connectivity index (χ2v) is 8.70. The lowest BCUT2D eigenvalue weighted by molar-refractivity contribution is -0.143. The Kier molecular flexibility index (Phi) is 9.24. The van der Waals surface area contributed by atoms with Gasteiger partial charge in [-0.2, -0.15) is 0 Å². The van der Waals surface area contributed by atoms with E-state index in [2.05, 4.69) is 11.4 Å². The Hall–Kier alpha value is -2.89. The third kappa shape index (κ3) is 7.08. The molecule has 1 atom stereocenters. The lowest BCUT2D eigenvalue weighted by Crippen LogP contribution is -2.50. The van der Waals surface area contributed by atoms with Gasteiger partial charge in [-0.3, -0.25) is 9.59 Å². The average Bonchev–Trinajstić information content (AvgIpc) is 2.74. The summed E-state index contributed by atoms with van der Waals surface area (Å²) in [5, 5.41) is 2.93. The Morgan fingerprint density at radius 1 is 1.09 bits per heavy atom. The van der Waals surface area contributed by atoms with Crippen LogP contribution in [0.1, 0.15) is 49.4 Å². The predicted octanol–water partition coefficient (Wildman–Crippen LogP) is 4.71. The van der Waals surface area contributed by atoms with Crippen molar-refractivity contribution in [1.82, 2.24) is 10.2 Å². The van der Waals surface area contributed by atoms with E-state index in [1.165, 1.54) is 17.0 Å². The van der Waals surface area contributed by atoms with Crippen molar-refractivity contribution in [1.29, 1.82) is 0 Å². The minimum absolute atomic E-state index is 0.182. The van der Waals surface area contributed by atoms with Crippen LogP contribution in [0.15, 0.2) is 36.4 Å². The molecule has 0 bridgehead atoms. The van der Waals surface area contributed by atoms with Gasteiger partial charge in [0.1, 0.15) is 17.6 Å². The number of hydrogen-bond acceptors (Lipinski definition) is 3. The molecular weight excluding hydrogens is 407 g/mol. The van der Waals surface area contributed by atoms with Gasteiger partial charge < -0.3 is 15.0 Å². The highest BCUT2D eigenvalue weighted by Gasteiger charge is 2.29. The Bertz CT molecular complexity index is 925. The van der Waals surface area contributed by atoms with E-state index in [0.29, 0.717) is 24.6 Å². The standard InChI is InChI=1S/C26H35FN2O3/c1-7-23(26(31)28-14-17(2)3)29(15-21-8-10-22(27)11-9-21)25(30)16-32-24-13-18(4)12-19(5)20(24)6/h8-13,17,23H,7,14-16H2,1-6H3,(H,28,31)/t23-/m0/s1. The van der Waals surface area contributed by atoms with E-state index in [1.54, 1.807) is 12.1 Å². The van der Waals surface area contributed by atoms with Crippen LogP contribution in [0.4, 0.5) is 4.39 Å². The highest BCUT2D eigenvalue weighted by molar-refractivity contribution is 5.88. The Balaban J connectivity index is 2.24. The van der Waals surface area contributed by atoms with Crippen LogP contribution >= 0.6 is 0 Å². The number of carbonyl (C=O) groups excluding carboxylic acids is 2. The van der Waals surface area contributed by atoms with Crippen LogP contribution in [0.25, 0.3) is 0 Å². The number of rotatable bonds is 10. The van der Waals surface area contributed by atoms with E-state index in [4.69, 9.17) is 4.74 Å². The largest absolute Gasteiger partial charge is 0.483 e. The quantitative estimate of drug-likeness (QED) is 0.580. The zero-order valence-corrected chi connectivity index (χ0v) is 20.0. The second kappa shape index (κ2) is 11.7. The predicted molar refractivity (Wildman–Crippen MR) is 125 cm³/mol. The van der Waals surface area contributed by atoms with Crippen LogP contribution in [0.3, 0.4) is 0 Å². The molecule has 0 saturated carbocycles. The van der Waals surface area contributed by atoms with Gasteiger partial charge >= 0.3 is 0 Å². The Morgan fingerprint density at radius 2 is 1.75 bits per heavy atom. The summed E-state index contributed by atoms with van der Waals surface area (Å²) < 4.78 is 19.2. The number of amides is 2. The molecule has 0 spiro atoms. The van der Waals surface area contributed by atoms with Crippen molar-refractivity contribution in [3.63, 3.8) is 0 Å². The first-order chi connectivity index (χ1) is 15.1. The number of ether oxygens (including phenoxy) is 1. The van der Waals surface area contributed by atoms with Gasteiger partial charge in [0.2, 0.25) is 5.91 Å². The van der Waals surface area contributed by atoms with Crippen LogP contribution in [0.5, 0.6) is 5.75 Å². The number of aryl methyl sites for hydroxylation is 2. The topological polar surface area (TPSA) is 58.6 Å². The summed E-state index contributed by atoms with van der Waals surface area (Å²) in [5.74, 6) is 0.129. The van der Waals surface area contributed by atoms with Crippen LogP contribution in [0.2, 0.25) is 0 Å². The van der Waals surface area contributed by atoms with Gasteiger partial charge in [0.25, 0.3) is 5.91 Å². The third-order valence-corrected chi connectivity index (χ3v) is 5.45. The number of nitrogens with one attached hydrogen (secondary N) is 1. The van der Waals surface area contributed by atoms with Crippen LogP contribution < -0.4 is 10.1 Å². The van der Waals surface area contributed by atoms with Crippen molar-refractivity contribution < 1.29 is 18.7 Å². The maximum atomic E-state index is 13.4. The summed E-state index contributed by atoms with van der Waals surface area (Å²) in [6.45, 7) is 12.4.